The lowest BCUT2D eigenvalue weighted by Crippen LogP contribution is -2.43. The molecule has 0 aromatic heterocycles. The van der Waals surface area contributed by atoms with Gasteiger partial charge in [0.1, 0.15) is 0 Å². The molecule has 0 saturated heterocycles. The zero-order chi connectivity index (χ0) is 14.1. The Morgan fingerprint density at radius 3 is 2.32 bits per heavy atom. The third kappa shape index (κ3) is 5.15. The van der Waals surface area contributed by atoms with E-state index in [1.54, 1.807) is 0 Å². The van der Waals surface area contributed by atoms with E-state index in [1.165, 1.54) is 0 Å². The van der Waals surface area contributed by atoms with Gasteiger partial charge >= 0.3 is 6.03 Å². The second kappa shape index (κ2) is 8.10. The summed E-state index contributed by atoms with van der Waals surface area (Å²) >= 11 is 1.83. The second-order valence-corrected chi connectivity index (χ2v) is 5.89. The van der Waals surface area contributed by atoms with E-state index in [1.807, 2.05) is 42.1 Å². The third-order valence-corrected chi connectivity index (χ3v) is 5.18. The number of rotatable bonds is 7. The largest absolute Gasteiger partial charge is 0.337 e. The van der Waals surface area contributed by atoms with Crippen molar-refractivity contribution in [2.75, 3.05) is 12.8 Å². The molecule has 0 fully saturated rings. The molecular formula is C15H24N2OS. The number of hydrogen-bond donors (Lipinski definition) is 2. The maximum Gasteiger partial charge on any atom is 0.315 e. The average molecular weight is 280 g/mol. The molecule has 1 aromatic carbocycles. The normalized spacial score (nSPS) is 11.1. The van der Waals surface area contributed by atoms with Crippen LogP contribution in [0.1, 0.15) is 32.3 Å². The van der Waals surface area contributed by atoms with Crippen molar-refractivity contribution in [1.82, 2.24) is 10.6 Å². The predicted octanol–water partition coefficient (Wildman–Crippen LogP) is 3.41. The van der Waals surface area contributed by atoms with Crippen molar-refractivity contribution >= 4 is 17.8 Å². The molecule has 0 heterocycles. The lowest BCUT2D eigenvalue weighted by Gasteiger charge is -2.29. The highest BCUT2D eigenvalue weighted by Crippen LogP contribution is 2.29. The Kier molecular flexibility index (Phi) is 6.78. The first-order valence-electron chi connectivity index (χ1n) is 6.76. The van der Waals surface area contributed by atoms with Crippen molar-refractivity contribution in [3.05, 3.63) is 35.9 Å². The average Bonchev–Trinajstić information content (AvgIpc) is 2.48. The molecule has 1 rings (SSSR count). The van der Waals surface area contributed by atoms with Crippen molar-refractivity contribution in [3.8, 4) is 0 Å². The summed E-state index contributed by atoms with van der Waals surface area (Å²) in [5.74, 6) is 0. The van der Waals surface area contributed by atoms with Crippen LogP contribution in [0.5, 0.6) is 0 Å². The fourth-order valence-corrected chi connectivity index (χ4v) is 2.74. The number of benzene rings is 1. The lowest BCUT2D eigenvalue weighted by atomic mass is 10.0. The third-order valence-electron chi connectivity index (χ3n) is 3.59. The standard InChI is InChI=1S/C15H24N2OS/c1-4-15(5-2,19-3)12-17-14(18)16-11-13-9-7-6-8-10-13/h6-10H,4-5,11-12H2,1-3H3,(H2,16,17,18). The van der Waals surface area contributed by atoms with Gasteiger partial charge < -0.3 is 10.6 Å². The quantitative estimate of drug-likeness (QED) is 0.803. The maximum absolute atomic E-state index is 11.8. The second-order valence-electron chi connectivity index (χ2n) is 4.62. The van der Waals surface area contributed by atoms with Crippen LogP contribution >= 0.6 is 11.8 Å². The molecule has 0 unspecified atom stereocenters. The van der Waals surface area contributed by atoms with Gasteiger partial charge in [-0.3, -0.25) is 0 Å². The first-order valence-corrected chi connectivity index (χ1v) is 7.99. The summed E-state index contributed by atoms with van der Waals surface area (Å²) in [4.78, 5) is 11.8. The summed E-state index contributed by atoms with van der Waals surface area (Å²) < 4.78 is 0.157. The zero-order valence-electron chi connectivity index (χ0n) is 12.0. The van der Waals surface area contributed by atoms with Gasteiger partial charge in [0.15, 0.2) is 0 Å². The molecule has 0 radical (unpaired) electrons. The Balaban J connectivity index is 2.35. The van der Waals surface area contributed by atoms with Crippen molar-refractivity contribution in [2.45, 2.75) is 38.0 Å². The van der Waals surface area contributed by atoms with Crippen LogP contribution in [0, 0.1) is 0 Å². The lowest BCUT2D eigenvalue weighted by molar-refractivity contribution is 0.239. The smallest absolute Gasteiger partial charge is 0.315 e. The monoisotopic (exact) mass is 280 g/mol. The molecule has 3 nitrogen and oxygen atoms in total. The molecule has 0 saturated carbocycles. The molecule has 0 aliphatic carbocycles. The van der Waals surface area contributed by atoms with Crippen LogP contribution in [0.15, 0.2) is 30.3 Å². The Bertz CT molecular complexity index is 369. The number of thioether (sulfide) groups is 1. The summed E-state index contributed by atoms with van der Waals surface area (Å²) in [6.45, 7) is 5.62. The summed E-state index contributed by atoms with van der Waals surface area (Å²) in [7, 11) is 0. The predicted molar refractivity (Wildman–Crippen MR) is 83.5 cm³/mol. The Labute approximate surface area is 120 Å². The fraction of sp³-hybridized carbons (Fsp3) is 0.533. The number of urea groups is 1. The zero-order valence-corrected chi connectivity index (χ0v) is 12.8. The van der Waals surface area contributed by atoms with Crippen molar-refractivity contribution in [3.63, 3.8) is 0 Å². The van der Waals surface area contributed by atoms with Crippen LogP contribution in [0.25, 0.3) is 0 Å². The summed E-state index contributed by atoms with van der Waals surface area (Å²) in [5.41, 5.74) is 1.11. The van der Waals surface area contributed by atoms with Gasteiger partial charge in [0.2, 0.25) is 0 Å². The first-order chi connectivity index (χ1) is 9.15. The van der Waals surface area contributed by atoms with Crippen LogP contribution in [0.3, 0.4) is 0 Å². The van der Waals surface area contributed by atoms with Crippen LogP contribution < -0.4 is 10.6 Å². The molecule has 0 bridgehead atoms. The van der Waals surface area contributed by atoms with E-state index in [-0.39, 0.29) is 10.8 Å². The molecule has 1 aromatic rings. The molecule has 19 heavy (non-hydrogen) atoms. The molecular weight excluding hydrogens is 256 g/mol. The molecule has 0 aliphatic heterocycles. The highest BCUT2D eigenvalue weighted by atomic mass is 32.2. The van der Waals surface area contributed by atoms with Gasteiger partial charge in [0.25, 0.3) is 0 Å². The van der Waals surface area contributed by atoms with Gasteiger partial charge in [-0.25, -0.2) is 4.79 Å². The number of carbonyl (C=O) groups is 1. The Morgan fingerprint density at radius 1 is 1.16 bits per heavy atom. The minimum absolute atomic E-state index is 0.0934. The van der Waals surface area contributed by atoms with Crippen LogP contribution in [0.4, 0.5) is 4.79 Å². The molecule has 2 N–H and O–H groups in total. The van der Waals surface area contributed by atoms with Crippen molar-refractivity contribution < 1.29 is 4.79 Å². The SMILES string of the molecule is CCC(CC)(CNC(=O)NCc1ccccc1)SC. The molecule has 0 aliphatic rings. The van der Waals surface area contributed by atoms with E-state index in [4.69, 9.17) is 0 Å². The number of amides is 2. The number of hydrogen-bond acceptors (Lipinski definition) is 2. The van der Waals surface area contributed by atoms with E-state index in [9.17, 15) is 4.79 Å². The fourth-order valence-electron chi connectivity index (χ4n) is 1.94. The highest BCUT2D eigenvalue weighted by Gasteiger charge is 2.25. The first kappa shape index (κ1) is 15.9. The maximum atomic E-state index is 11.8. The van der Waals surface area contributed by atoms with Gasteiger partial charge in [0.05, 0.1) is 0 Å². The van der Waals surface area contributed by atoms with E-state index in [0.717, 1.165) is 18.4 Å². The molecule has 4 heteroatoms. The van der Waals surface area contributed by atoms with E-state index < -0.39 is 0 Å². The number of nitrogens with one attached hydrogen (secondary N) is 2. The van der Waals surface area contributed by atoms with Crippen LogP contribution in [-0.2, 0) is 6.54 Å². The summed E-state index contributed by atoms with van der Waals surface area (Å²) in [6.07, 6.45) is 4.23. The van der Waals surface area contributed by atoms with Gasteiger partial charge in [-0.2, -0.15) is 11.8 Å². The van der Waals surface area contributed by atoms with E-state index in [0.29, 0.717) is 13.1 Å². The van der Waals surface area contributed by atoms with Gasteiger partial charge in [-0.15, -0.1) is 0 Å². The molecule has 0 atom stereocenters. The Hall–Kier alpha value is -1.16. The molecule has 0 spiro atoms. The van der Waals surface area contributed by atoms with Crippen LogP contribution in [-0.4, -0.2) is 23.6 Å². The van der Waals surface area contributed by atoms with Crippen molar-refractivity contribution in [2.24, 2.45) is 0 Å². The molecule has 106 valence electrons. The van der Waals surface area contributed by atoms with Gasteiger partial charge in [-0.1, -0.05) is 44.2 Å². The topological polar surface area (TPSA) is 41.1 Å². The van der Waals surface area contributed by atoms with Crippen LogP contribution in [0.2, 0.25) is 0 Å². The highest BCUT2D eigenvalue weighted by molar-refractivity contribution is 8.00. The summed E-state index contributed by atoms with van der Waals surface area (Å²) in [6, 6.07) is 9.83. The summed E-state index contributed by atoms with van der Waals surface area (Å²) in [5, 5.41) is 5.86. The van der Waals surface area contributed by atoms with Gasteiger partial charge in [0, 0.05) is 17.8 Å². The minimum atomic E-state index is -0.0934. The van der Waals surface area contributed by atoms with E-state index >= 15 is 0 Å². The van der Waals surface area contributed by atoms with Gasteiger partial charge in [-0.05, 0) is 24.7 Å². The van der Waals surface area contributed by atoms with Crippen molar-refractivity contribution in [1.29, 1.82) is 0 Å². The molecule has 2 amide bonds. The van der Waals surface area contributed by atoms with E-state index in [2.05, 4.69) is 30.7 Å². The number of carbonyl (C=O) groups excluding carboxylic acids is 1. The minimum Gasteiger partial charge on any atom is -0.337 e. The Morgan fingerprint density at radius 2 is 1.79 bits per heavy atom.